The van der Waals surface area contributed by atoms with E-state index < -0.39 is 90.5 Å². The van der Waals surface area contributed by atoms with Gasteiger partial charge in [0.25, 0.3) is 5.91 Å². The first-order chi connectivity index (χ1) is 21.4. The van der Waals surface area contributed by atoms with E-state index in [0.717, 1.165) is 31.2 Å². The van der Waals surface area contributed by atoms with Crippen LogP contribution in [-0.4, -0.2) is 76.5 Å². The highest BCUT2D eigenvalue weighted by Crippen LogP contribution is 2.39. The maximum atomic E-state index is 14.3. The van der Waals surface area contributed by atoms with Gasteiger partial charge in [0.1, 0.15) is 29.8 Å². The fraction of sp³-hybridized carbons (Fsp3) is 0.500. The van der Waals surface area contributed by atoms with Crippen LogP contribution in [0, 0.1) is 23.5 Å². The molecular weight excluding hydrogens is 598 g/mol. The Labute approximate surface area is 258 Å². The highest BCUT2D eigenvalue weighted by molar-refractivity contribution is 5.93. The van der Waals surface area contributed by atoms with Crippen LogP contribution in [0.1, 0.15) is 60.0 Å². The summed E-state index contributed by atoms with van der Waals surface area (Å²) in [7, 11) is 0. The topological polar surface area (TPSA) is 136 Å². The van der Waals surface area contributed by atoms with E-state index in [0.29, 0.717) is 12.1 Å². The molecule has 3 amide bonds. The average molecular weight is 636 g/mol. The van der Waals surface area contributed by atoms with Crippen molar-refractivity contribution in [3.63, 3.8) is 0 Å². The number of carbonyl (C=O) groups is 4. The van der Waals surface area contributed by atoms with Crippen LogP contribution in [0.25, 0.3) is 0 Å². The molecule has 1 aliphatic carbocycles. The molecule has 9 nitrogen and oxygen atoms in total. The van der Waals surface area contributed by atoms with E-state index in [4.69, 9.17) is 5.11 Å². The van der Waals surface area contributed by atoms with Gasteiger partial charge in [-0.3, -0.25) is 14.4 Å². The number of alkyl halides is 2. The van der Waals surface area contributed by atoms with Gasteiger partial charge in [-0.25, -0.2) is 22.4 Å². The molecule has 2 aromatic rings. The number of nitrogens with one attached hydrogen (secondary N) is 2. The quantitative estimate of drug-likeness (QED) is 0.249. The third kappa shape index (κ3) is 8.80. The number of nitrogens with zero attached hydrogens (tertiary/aromatic N) is 1. The Morgan fingerprint density at radius 3 is 2.22 bits per heavy atom. The fourth-order valence-corrected chi connectivity index (χ4v) is 6.32. The molecule has 1 unspecified atom stereocenters. The maximum absolute atomic E-state index is 14.3. The highest BCUT2D eigenvalue weighted by Gasteiger charge is 2.45. The summed E-state index contributed by atoms with van der Waals surface area (Å²) in [5.74, 6) is -6.05. The van der Waals surface area contributed by atoms with E-state index in [1.165, 1.54) is 4.90 Å². The minimum absolute atomic E-state index is 0.0231. The molecule has 4 atom stereocenters. The molecule has 45 heavy (non-hydrogen) atoms. The van der Waals surface area contributed by atoms with Crippen molar-refractivity contribution in [1.29, 1.82) is 0 Å². The van der Waals surface area contributed by atoms with Crippen molar-refractivity contribution in [1.82, 2.24) is 15.5 Å². The van der Waals surface area contributed by atoms with Crippen molar-refractivity contribution in [2.45, 2.75) is 76.0 Å². The molecule has 0 aromatic heterocycles. The second-order valence-corrected chi connectivity index (χ2v) is 11.7. The summed E-state index contributed by atoms with van der Waals surface area (Å²) in [6, 6.07) is 7.32. The molecule has 4 N–H and O–H groups in total. The number of halogens is 4. The first kappa shape index (κ1) is 33.9. The SMILES string of the molecule is O=C(O)c1cc(F)c(CCNC(=O)[C@H](CC(F)F)NC(=O)[C@H]2C[C@@H](C3CCCC3)CN2C(=O)C(O)Cc2ccccc2)c(F)c1. The number of benzene rings is 2. The number of aliphatic hydroxyl groups is 1. The van der Waals surface area contributed by atoms with Gasteiger partial charge in [-0.2, -0.15) is 0 Å². The Balaban J connectivity index is 1.44. The first-order valence-electron chi connectivity index (χ1n) is 15.0. The molecule has 0 radical (unpaired) electrons. The van der Waals surface area contributed by atoms with Crippen LogP contribution in [-0.2, 0) is 27.2 Å². The van der Waals surface area contributed by atoms with E-state index >= 15 is 0 Å². The Kier molecular flexibility index (Phi) is 11.5. The van der Waals surface area contributed by atoms with E-state index in [2.05, 4.69) is 10.6 Å². The number of hydrogen-bond acceptors (Lipinski definition) is 5. The van der Waals surface area contributed by atoms with E-state index in [9.17, 15) is 41.8 Å². The van der Waals surface area contributed by atoms with Gasteiger partial charge in [-0.15, -0.1) is 0 Å². The zero-order valence-electron chi connectivity index (χ0n) is 24.6. The minimum atomic E-state index is -2.99. The van der Waals surface area contributed by atoms with Gasteiger partial charge in [-0.1, -0.05) is 56.0 Å². The number of aliphatic hydroxyl groups excluding tert-OH is 1. The maximum Gasteiger partial charge on any atom is 0.335 e. The second-order valence-electron chi connectivity index (χ2n) is 11.7. The minimum Gasteiger partial charge on any atom is -0.478 e. The number of likely N-dealkylation sites (tertiary alicyclic amines) is 1. The number of amides is 3. The molecule has 1 saturated heterocycles. The van der Waals surface area contributed by atoms with Crippen molar-refractivity contribution < 1.29 is 47.0 Å². The number of carbonyl (C=O) groups excluding carboxylic acids is 3. The van der Waals surface area contributed by atoms with E-state index in [1.54, 1.807) is 30.3 Å². The van der Waals surface area contributed by atoms with Crippen molar-refractivity contribution in [3.05, 3.63) is 70.8 Å². The van der Waals surface area contributed by atoms with Crippen LogP contribution < -0.4 is 10.6 Å². The standard InChI is InChI=1S/C32H37F4N3O6/c33-23-13-20(32(44)45)14-24(34)22(23)10-11-37-29(41)25(16-28(35)36)38-30(42)26-15-21(19-8-4-5-9-19)17-39(26)31(43)27(40)12-18-6-2-1-3-7-18/h1-3,6-7,13-14,19,21,25-28,40H,4-5,8-12,15-17H2,(H,37,41)(H,38,42)(H,44,45)/t21-,25+,26-,27?/m1/s1. The van der Waals surface area contributed by atoms with Gasteiger partial charge >= 0.3 is 5.97 Å². The molecule has 1 aliphatic heterocycles. The molecule has 0 bridgehead atoms. The third-order valence-corrected chi connectivity index (χ3v) is 8.65. The molecule has 2 aliphatic rings. The average Bonchev–Trinajstić information content (AvgIpc) is 3.68. The molecule has 244 valence electrons. The number of aromatic carboxylic acids is 1. The lowest BCUT2D eigenvalue weighted by atomic mass is 9.89. The van der Waals surface area contributed by atoms with Crippen LogP contribution in [0.4, 0.5) is 17.6 Å². The first-order valence-corrected chi connectivity index (χ1v) is 15.0. The van der Waals surface area contributed by atoms with E-state index in [1.807, 2.05) is 0 Å². The van der Waals surface area contributed by atoms with Crippen molar-refractivity contribution in [3.8, 4) is 0 Å². The van der Waals surface area contributed by atoms with Gasteiger partial charge in [0.15, 0.2) is 0 Å². The van der Waals surface area contributed by atoms with E-state index in [-0.39, 0.29) is 31.2 Å². The number of carboxylic acids is 1. The van der Waals surface area contributed by atoms with Gasteiger partial charge in [0.2, 0.25) is 18.2 Å². The Hall–Kier alpha value is -4.00. The molecular formula is C32H37F4N3O6. The molecule has 2 aromatic carbocycles. The summed E-state index contributed by atoms with van der Waals surface area (Å²) in [5.41, 5.74) is -0.376. The summed E-state index contributed by atoms with van der Waals surface area (Å²) in [6.45, 7) is -0.172. The van der Waals surface area contributed by atoms with Gasteiger partial charge in [0.05, 0.1) is 5.56 Å². The molecule has 1 heterocycles. The predicted molar refractivity (Wildman–Crippen MR) is 154 cm³/mol. The smallest absolute Gasteiger partial charge is 0.335 e. The van der Waals surface area contributed by atoms with Gasteiger partial charge < -0.3 is 25.7 Å². The number of carboxylic acid groups (broad SMARTS) is 1. The summed E-state index contributed by atoms with van der Waals surface area (Å²) < 4.78 is 55.5. The van der Waals surface area contributed by atoms with Crippen LogP contribution in [0.3, 0.4) is 0 Å². The fourth-order valence-electron chi connectivity index (χ4n) is 6.32. The Bertz CT molecular complexity index is 1350. The largest absolute Gasteiger partial charge is 0.478 e. The predicted octanol–water partition coefficient (Wildman–Crippen LogP) is 3.47. The van der Waals surface area contributed by atoms with Crippen LogP contribution in [0.2, 0.25) is 0 Å². The lowest BCUT2D eigenvalue weighted by Crippen LogP contribution is -2.55. The third-order valence-electron chi connectivity index (χ3n) is 8.65. The monoisotopic (exact) mass is 635 g/mol. The highest BCUT2D eigenvalue weighted by atomic mass is 19.3. The summed E-state index contributed by atoms with van der Waals surface area (Å²) >= 11 is 0. The normalized spacial score (nSPS) is 19.8. The summed E-state index contributed by atoms with van der Waals surface area (Å²) in [4.78, 5) is 52.1. The summed E-state index contributed by atoms with van der Waals surface area (Å²) in [5, 5.41) is 24.4. The Morgan fingerprint density at radius 2 is 1.62 bits per heavy atom. The van der Waals surface area contributed by atoms with Crippen LogP contribution in [0.15, 0.2) is 42.5 Å². The van der Waals surface area contributed by atoms with Crippen molar-refractivity contribution >= 4 is 23.7 Å². The molecule has 13 heteroatoms. The lowest BCUT2D eigenvalue weighted by Gasteiger charge is -2.28. The summed E-state index contributed by atoms with van der Waals surface area (Å²) in [6.07, 6.45) is -1.68. The molecule has 0 spiro atoms. The van der Waals surface area contributed by atoms with Gasteiger partial charge in [0, 0.05) is 31.5 Å². The molecule has 1 saturated carbocycles. The second kappa shape index (κ2) is 15.3. The molecule has 4 rings (SSSR count). The van der Waals surface area contributed by atoms with Crippen molar-refractivity contribution in [2.24, 2.45) is 11.8 Å². The molecule has 2 fully saturated rings. The zero-order chi connectivity index (χ0) is 32.7. The van der Waals surface area contributed by atoms with Crippen LogP contribution >= 0.6 is 0 Å². The van der Waals surface area contributed by atoms with Crippen molar-refractivity contribution in [2.75, 3.05) is 13.1 Å². The Morgan fingerprint density at radius 1 is 0.978 bits per heavy atom. The zero-order valence-corrected chi connectivity index (χ0v) is 24.6. The van der Waals surface area contributed by atoms with Gasteiger partial charge in [-0.05, 0) is 42.4 Å². The number of hydrogen-bond donors (Lipinski definition) is 4. The number of rotatable bonds is 13. The van der Waals surface area contributed by atoms with Crippen LogP contribution in [0.5, 0.6) is 0 Å². The lowest BCUT2D eigenvalue weighted by molar-refractivity contribution is -0.145.